The SMILES string of the molecule is C=C1CCC(N2Cc3cc(C4CCN(CCCCCCC(=O)N5CCC(C#Cc6c(C(=O)Nc7ccc(COC)cc7)c7c(N)ncnn7c6C(C)C)CC5)CC4)ccc3C2=O)C(=O)N1. The lowest BCUT2D eigenvalue weighted by Gasteiger charge is -2.32. The van der Waals surface area contributed by atoms with Crippen LogP contribution in [-0.4, -0.2) is 98.8 Å². The first-order valence-electron chi connectivity index (χ1n) is 23.5. The normalized spacial score (nSPS) is 18.5. The molecule has 342 valence electrons. The van der Waals surface area contributed by atoms with E-state index < -0.39 is 6.04 Å². The summed E-state index contributed by atoms with van der Waals surface area (Å²) in [6.45, 7) is 13.5. The van der Waals surface area contributed by atoms with Gasteiger partial charge in [0.2, 0.25) is 11.8 Å². The smallest absolute Gasteiger partial charge is 0.259 e. The molecule has 0 aliphatic carbocycles. The highest BCUT2D eigenvalue weighted by Gasteiger charge is 2.38. The molecule has 1 unspecified atom stereocenters. The number of hydrogen-bond acceptors (Lipinski definition) is 9. The molecule has 14 nitrogen and oxygen atoms in total. The lowest BCUT2D eigenvalue weighted by molar-refractivity contribution is -0.132. The quantitative estimate of drug-likeness (QED) is 0.0893. The molecule has 0 radical (unpaired) electrons. The van der Waals surface area contributed by atoms with Crippen molar-refractivity contribution in [3.8, 4) is 11.8 Å². The van der Waals surface area contributed by atoms with E-state index in [1.807, 2.05) is 49.1 Å². The average Bonchev–Trinajstić information content (AvgIpc) is 3.82. The minimum atomic E-state index is -0.435. The van der Waals surface area contributed by atoms with Crippen molar-refractivity contribution in [1.82, 2.24) is 34.6 Å². The van der Waals surface area contributed by atoms with Crippen LogP contribution in [0.4, 0.5) is 11.5 Å². The largest absolute Gasteiger partial charge is 0.382 e. The van der Waals surface area contributed by atoms with Gasteiger partial charge in [0, 0.05) is 56.0 Å². The average molecular weight is 882 g/mol. The number of likely N-dealkylation sites (tertiary alicyclic amines) is 2. The van der Waals surface area contributed by atoms with E-state index in [1.165, 1.54) is 11.9 Å². The van der Waals surface area contributed by atoms with Crippen LogP contribution in [0.5, 0.6) is 0 Å². The highest BCUT2D eigenvalue weighted by atomic mass is 16.5. The third kappa shape index (κ3) is 10.3. The number of nitrogens with zero attached hydrogens (tertiary/aromatic N) is 6. The van der Waals surface area contributed by atoms with Crippen LogP contribution in [-0.2, 0) is 27.5 Å². The van der Waals surface area contributed by atoms with Gasteiger partial charge in [-0.3, -0.25) is 19.2 Å². The van der Waals surface area contributed by atoms with Crippen molar-refractivity contribution in [1.29, 1.82) is 0 Å². The molecule has 3 saturated heterocycles. The number of amides is 4. The minimum Gasteiger partial charge on any atom is -0.382 e. The van der Waals surface area contributed by atoms with Gasteiger partial charge in [0.1, 0.15) is 17.9 Å². The number of nitrogens with two attached hydrogens (primary N) is 1. The van der Waals surface area contributed by atoms with Gasteiger partial charge in [-0.05, 0) is 118 Å². The zero-order valence-electron chi connectivity index (χ0n) is 38.2. The molecule has 4 aromatic rings. The lowest BCUT2D eigenvalue weighted by Crippen LogP contribution is -2.49. The molecule has 65 heavy (non-hydrogen) atoms. The van der Waals surface area contributed by atoms with E-state index in [0.29, 0.717) is 73.8 Å². The molecule has 0 bridgehead atoms. The Morgan fingerprint density at radius 1 is 0.985 bits per heavy atom. The van der Waals surface area contributed by atoms with Crippen LogP contribution in [0.25, 0.3) is 5.52 Å². The fourth-order valence-electron chi connectivity index (χ4n) is 10.1. The second kappa shape index (κ2) is 20.4. The molecule has 2 aromatic heterocycles. The maximum absolute atomic E-state index is 14.0. The van der Waals surface area contributed by atoms with Gasteiger partial charge in [0.25, 0.3) is 11.8 Å². The number of hydrogen-bond donors (Lipinski definition) is 3. The van der Waals surface area contributed by atoms with Gasteiger partial charge in [-0.1, -0.05) is 69.4 Å². The van der Waals surface area contributed by atoms with E-state index in [1.54, 1.807) is 16.5 Å². The Labute approximate surface area is 382 Å². The number of aromatic nitrogens is 3. The molecule has 8 rings (SSSR count). The van der Waals surface area contributed by atoms with Crippen molar-refractivity contribution in [2.75, 3.05) is 50.9 Å². The second-order valence-electron chi connectivity index (χ2n) is 18.5. The van der Waals surface area contributed by atoms with Crippen molar-refractivity contribution < 1.29 is 23.9 Å². The highest BCUT2D eigenvalue weighted by molar-refractivity contribution is 6.13. The molecular weight excluding hydrogens is 819 g/mol. The van der Waals surface area contributed by atoms with Crippen LogP contribution in [0.3, 0.4) is 0 Å². The number of fused-ring (bicyclic) bond motifs is 2. The summed E-state index contributed by atoms with van der Waals surface area (Å²) >= 11 is 0. The summed E-state index contributed by atoms with van der Waals surface area (Å²) in [5.41, 5.74) is 14.0. The van der Waals surface area contributed by atoms with Crippen molar-refractivity contribution in [3.63, 3.8) is 0 Å². The van der Waals surface area contributed by atoms with Gasteiger partial charge in [0.15, 0.2) is 5.82 Å². The predicted octanol–water partition coefficient (Wildman–Crippen LogP) is 7.00. The first-order valence-corrected chi connectivity index (χ1v) is 23.5. The number of nitrogen functional groups attached to an aromatic ring is 1. The summed E-state index contributed by atoms with van der Waals surface area (Å²) < 4.78 is 6.93. The van der Waals surface area contributed by atoms with Crippen LogP contribution in [0.15, 0.2) is 61.1 Å². The van der Waals surface area contributed by atoms with Crippen LogP contribution in [0.1, 0.15) is 145 Å². The number of nitrogens with one attached hydrogen (secondary N) is 2. The van der Waals surface area contributed by atoms with Crippen molar-refractivity contribution >= 4 is 40.7 Å². The van der Waals surface area contributed by atoms with E-state index in [4.69, 9.17) is 10.5 Å². The molecular formula is C51H63N9O5. The van der Waals surface area contributed by atoms with E-state index in [-0.39, 0.29) is 41.3 Å². The molecule has 4 aliphatic rings. The number of carbonyl (C=O) groups excluding carboxylic acids is 4. The van der Waals surface area contributed by atoms with E-state index in [2.05, 4.69) is 56.2 Å². The number of ether oxygens (including phenoxy) is 1. The summed E-state index contributed by atoms with van der Waals surface area (Å²) in [7, 11) is 1.65. The summed E-state index contributed by atoms with van der Waals surface area (Å²) in [5, 5.41) is 10.3. The standard InChI is InChI=1S/C51H63N9O5/c1-33(2)46-42(45(47-48(52)53-32-54-60(46)47)50(63)56-40-15-11-36(12-16-40)31-65-4)17-13-35-20-27-58(28-21-35)44(61)9-7-5-6-8-24-57-25-22-37(23-26-57)38-14-18-41-39(29-38)30-59(51(41)64)43-19-10-34(3)55-49(43)62/h11-12,14-16,18,29,32-33,35,37,43H,3,5-10,19-28,30-31H2,1-2,4H3,(H,55,62)(H,56,63)(H2,52,53,54). The number of unbranched alkanes of at least 4 members (excludes halogenated alkanes) is 3. The lowest BCUT2D eigenvalue weighted by atomic mass is 9.88. The number of benzene rings is 2. The third-order valence-electron chi connectivity index (χ3n) is 13.7. The van der Waals surface area contributed by atoms with Crippen molar-refractivity contribution in [2.24, 2.45) is 5.92 Å². The Morgan fingerprint density at radius 2 is 1.74 bits per heavy atom. The molecule has 0 spiro atoms. The van der Waals surface area contributed by atoms with Crippen LogP contribution < -0.4 is 16.4 Å². The number of anilines is 2. The number of methoxy groups -OCH3 is 1. The number of allylic oxidation sites excluding steroid dienone is 1. The third-order valence-corrected chi connectivity index (χ3v) is 13.7. The van der Waals surface area contributed by atoms with Gasteiger partial charge >= 0.3 is 0 Å². The first kappa shape index (κ1) is 45.5. The Kier molecular flexibility index (Phi) is 14.3. The fraction of sp³-hybridized carbons (Fsp3) is 0.490. The molecule has 4 amide bonds. The number of piperidine rings is 3. The topological polar surface area (TPSA) is 168 Å². The van der Waals surface area contributed by atoms with Gasteiger partial charge in [-0.25, -0.2) is 9.50 Å². The minimum absolute atomic E-state index is 0.000278. The molecule has 4 aliphatic heterocycles. The van der Waals surface area contributed by atoms with Gasteiger partial charge in [-0.2, -0.15) is 5.10 Å². The maximum Gasteiger partial charge on any atom is 0.259 e. The second-order valence-corrected chi connectivity index (χ2v) is 18.5. The molecule has 4 N–H and O–H groups in total. The summed E-state index contributed by atoms with van der Waals surface area (Å²) in [6.07, 6.45) is 11.2. The zero-order valence-corrected chi connectivity index (χ0v) is 38.2. The van der Waals surface area contributed by atoms with Gasteiger partial charge in [0.05, 0.1) is 23.4 Å². The highest BCUT2D eigenvalue weighted by Crippen LogP contribution is 2.35. The van der Waals surface area contributed by atoms with Gasteiger partial charge in [-0.15, -0.1) is 0 Å². The Hall–Kier alpha value is -6.04. The van der Waals surface area contributed by atoms with Crippen molar-refractivity contribution in [3.05, 3.63) is 100 Å². The summed E-state index contributed by atoms with van der Waals surface area (Å²) in [6, 6.07) is 13.4. The molecule has 14 heteroatoms. The van der Waals surface area contributed by atoms with Crippen LogP contribution in [0, 0.1) is 17.8 Å². The Morgan fingerprint density at radius 3 is 2.46 bits per heavy atom. The zero-order chi connectivity index (χ0) is 45.6. The first-order chi connectivity index (χ1) is 31.5. The van der Waals surface area contributed by atoms with E-state index in [9.17, 15) is 19.2 Å². The Bertz CT molecular complexity index is 2490. The molecule has 1 atom stereocenters. The number of carbonyl (C=O) groups is 4. The maximum atomic E-state index is 14.0. The summed E-state index contributed by atoms with van der Waals surface area (Å²) in [4.78, 5) is 63.5. The van der Waals surface area contributed by atoms with Gasteiger partial charge < -0.3 is 35.8 Å². The molecule has 3 fully saturated rings. The van der Waals surface area contributed by atoms with E-state index >= 15 is 0 Å². The van der Waals surface area contributed by atoms with Crippen molar-refractivity contribution in [2.45, 2.75) is 116 Å². The Balaban J connectivity index is 0.764. The van der Waals surface area contributed by atoms with Crippen LogP contribution in [0.2, 0.25) is 0 Å². The molecule has 0 saturated carbocycles. The predicted molar refractivity (Wildman–Crippen MR) is 251 cm³/mol. The molecule has 2 aromatic carbocycles. The monoisotopic (exact) mass is 881 g/mol. The fourth-order valence-corrected chi connectivity index (χ4v) is 10.1. The van der Waals surface area contributed by atoms with Crippen LogP contribution >= 0.6 is 0 Å². The summed E-state index contributed by atoms with van der Waals surface area (Å²) in [5.74, 6) is 7.34. The number of rotatable bonds is 14. The van der Waals surface area contributed by atoms with E-state index in [0.717, 1.165) is 99.1 Å². The molecule has 6 heterocycles.